The highest BCUT2D eigenvalue weighted by Gasteiger charge is 2.39. The molecule has 8 nitrogen and oxygen atoms in total. The number of likely N-dealkylation sites (tertiary alicyclic amines) is 1. The minimum Gasteiger partial charge on any atom is -0.480 e. The summed E-state index contributed by atoms with van der Waals surface area (Å²) in [6, 6.07) is 10.6. The zero-order chi connectivity index (χ0) is 26.7. The lowest BCUT2D eigenvalue weighted by Gasteiger charge is -2.44. The van der Waals surface area contributed by atoms with Crippen LogP contribution in [-0.4, -0.2) is 77.1 Å². The van der Waals surface area contributed by atoms with Crippen LogP contribution in [0.4, 0.5) is 5.69 Å². The molecule has 0 radical (unpaired) electrons. The Balaban J connectivity index is 1.69. The van der Waals surface area contributed by atoms with Crippen LogP contribution >= 0.6 is 23.2 Å². The highest BCUT2D eigenvalue weighted by molar-refractivity contribution is 6.42. The van der Waals surface area contributed by atoms with Gasteiger partial charge in [-0.25, -0.2) is 0 Å². The fraction of sp³-hybridized carbons (Fsp3) is 0.444. The number of anilines is 1. The number of carboxylic acid groups (broad SMARTS) is 2. The van der Waals surface area contributed by atoms with Gasteiger partial charge in [-0.15, -0.1) is 0 Å². The second-order valence-corrected chi connectivity index (χ2v) is 10.6. The lowest BCUT2D eigenvalue weighted by Crippen LogP contribution is -2.48. The molecule has 0 bridgehead atoms. The molecule has 1 fully saturated rings. The molecule has 1 aliphatic heterocycles. The van der Waals surface area contributed by atoms with E-state index in [1.54, 1.807) is 29.2 Å². The zero-order valence-corrected chi connectivity index (χ0v) is 22.2. The summed E-state index contributed by atoms with van der Waals surface area (Å²) in [7, 11) is 1.81. The number of benzene rings is 2. The van der Waals surface area contributed by atoms with Gasteiger partial charge in [0.25, 0.3) is 0 Å². The van der Waals surface area contributed by atoms with E-state index in [4.69, 9.17) is 23.2 Å². The number of amides is 1. The first-order valence-corrected chi connectivity index (χ1v) is 13.1. The van der Waals surface area contributed by atoms with E-state index in [1.165, 1.54) is 4.90 Å². The Morgan fingerprint density at radius 3 is 2.27 bits per heavy atom. The summed E-state index contributed by atoms with van der Waals surface area (Å²) in [5, 5.41) is 19.5. The van der Waals surface area contributed by atoms with Gasteiger partial charge in [0, 0.05) is 18.8 Å². The van der Waals surface area contributed by atoms with Gasteiger partial charge in [0.15, 0.2) is 0 Å². The zero-order valence-electron chi connectivity index (χ0n) is 20.7. The first kappa shape index (κ1) is 27.2. The summed E-state index contributed by atoms with van der Waals surface area (Å²) in [6.07, 6.45) is 4.12. The fourth-order valence-corrected chi connectivity index (χ4v) is 5.86. The summed E-state index contributed by atoms with van der Waals surface area (Å²) in [5.74, 6) is -2.29. The lowest BCUT2D eigenvalue weighted by molar-refractivity contribution is -0.136. The van der Waals surface area contributed by atoms with Crippen molar-refractivity contribution >= 4 is 46.7 Å². The van der Waals surface area contributed by atoms with Crippen molar-refractivity contribution in [3.05, 3.63) is 63.1 Å². The van der Waals surface area contributed by atoms with Crippen molar-refractivity contribution in [1.29, 1.82) is 0 Å². The summed E-state index contributed by atoms with van der Waals surface area (Å²) >= 11 is 12.2. The number of likely N-dealkylation sites (N-methyl/N-ethyl adjacent to an activating group) is 1. The molecule has 0 saturated carbocycles. The van der Waals surface area contributed by atoms with E-state index in [0.29, 0.717) is 15.7 Å². The molecule has 2 unspecified atom stereocenters. The van der Waals surface area contributed by atoms with E-state index in [9.17, 15) is 24.6 Å². The molecule has 4 rings (SSSR count). The normalized spacial score (nSPS) is 19.3. The Morgan fingerprint density at radius 1 is 0.973 bits per heavy atom. The third-order valence-corrected chi connectivity index (χ3v) is 8.04. The van der Waals surface area contributed by atoms with Crippen LogP contribution < -0.4 is 4.90 Å². The molecule has 0 aromatic heterocycles. The topological polar surface area (TPSA) is 101 Å². The second-order valence-electron chi connectivity index (χ2n) is 9.75. The highest BCUT2D eigenvalue weighted by Crippen LogP contribution is 2.40. The van der Waals surface area contributed by atoms with Gasteiger partial charge in [-0.3, -0.25) is 19.3 Å². The molecule has 2 aromatic rings. The van der Waals surface area contributed by atoms with E-state index in [2.05, 4.69) is 4.90 Å². The molecule has 0 spiro atoms. The Morgan fingerprint density at radius 2 is 1.65 bits per heavy atom. The van der Waals surface area contributed by atoms with Crippen molar-refractivity contribution in [3.63, 3.8) is 0 Å². The maximum absolute atomic E-state index is 13.6. The molecule has 1 amide bonds. The minimum absolute atomic E-state index is 0.0706. The number of aryl methyl sites for hydroxylation is 1. The van der Waals surface area contributed by atoms with E-state index >= 15 is 0 Å². The van der Waals surface area contributed by atoms with Crippen LogP contribution in [0, 0.1) is 0 Å². The van der Waals surface area contributed by atoms with Crippen LogP contribution in [0.5, 0.6) is 0 Å². The van der Waals surface area contributed by atoms with Crippen LogP contribution in [0.15, 0.2) is 36.4 Å². The van der Waals surface area contributed by atoms with Crippen molar-refractivity contribution in [3.8, 4) is 0 Å². The highest BCUT2D eigenvalue weighted by atomic mass is 35.5. The molecular weight excluding hydrogens is 517 g/mol. The SMILES string of the molecule is CN(C(=O)Cc1ccc(Cl)c(Cl)c1)C1c2cc(N(CC(=O)O)CC(=O)O)ccc2CCC1N1CCCC1. The van der Waals surface area contributed by atoms with Crippen molar-refractivity contribution in [2.45, 2.75) is 44.2 Å². The summed E-state index contributed by atoms with van der Waals surface area (Å²) < 4.78 is 0. The van der Waals surface area contributed by atoms with Gasteiger partial charge < -0.3 is 20.0 Å². The predicted molar refractivity (Wildman–Crippen MR) is 143 cm³/mol. The first-order valence-electron chi connectivity index (χ1n) is 12.4. The molecule has 1 aliphatic carbocycles. The Bertz CT molecular complexity index is 1170. The summed E-state index contributed by atoms with van der Waals surface area (Å²) in [4.78, 5) is 42.0. The Labute approximate surface area is 226 Å². The number of hydrogen-bond acceptors (Lipinski definition) is 5. The number of fused-ring (bicyclic) bond motifs is 1. The molecule has 2 aromatic carbocycles. The van der Waals surface area contributed by atoms with Crippen LogP contribution in [0.25, 0.3) is 0 Å². The molecule has 2 N–H and O–H groups in total. The number of carbonyl (C=O) groups excluding carboxylic acids is 1. The maximum atomic E-state index is 13.6. The van der Waals surface area contributed by atoms with Gasteiger partial charge >= 0.3 is 11.9 Å². The molecule has 37 heavy (non-hydrogen) atoms. The third-order valence-electron chi connectivity index (χ3n) is 7.30. The monoisotopic (exact) mass is 547 g/mol. The summed E-state index contributed by atoms with van der Waals surface area (Å²) in [5.41, 5.74) is 3.30. The average Bonchev–Trinajstić information content (AvgIpc) is 3.38. The van der Waals surface area contributed by atoms with Gasteiger partial charge in [-0.1, -0.05) is 35.3 Å². The molecule has 2 atom stereocenters. The third kappa shape index (κ3) is 6.37. The summed E-state index contributed by atoms with van der Waals surface area (Å²) in [6.45, 7) is 1.07. The minimum atomic E-state index is -1.11. The molecule has 198 valence electrons. The van der Waals surface area contributed by atoms with E-state index in [-0.39, 0.29) is 24.4 Å². The molecule has 1 saturated heterocycles. The lowest BCUT2D eigenvalue weighted by atomic mass is 9.82. The van der Waals surface area contributed by atoms with Crippen LogP contribution in [0.2, 0.25) is 10.0 Å². The van der Waals surface area contributed by atoms with Crippen LogP contribution in [0.3, 0.4) is 0 Å². The number of carbonyl (C=O) groups is 3. The van der Waals surface area contributed by atoms with Crippen molar-refractivity contribution in [2.24, 2.45) is 0 Å². The second kappa shape index (κ2) is 11.7. The predicted octanol–water partition coefficient (Wildman–Crippen LogP) is 4.12. The van der Waals surface area contributed by atoms with Crippen LogP contribution in [-0.2, 0) is 27.2 Å². The van der Waals surface area contributed by atoms with Gasteiger partial charge in [-0.05, 0) is 79.7 Å². The molecular formula is C27H31Cl2N3O5. The Hall–Kier alpha value is -2.81. The van der Waals surface area contributed by atoms with Crippen molar-refractivity contribution in [1.82, 2.24) is 9.80 Å². The van der Waals surface area contributed by atoms with Gasteiger partial charge in [0.05, 0.1) is 22.5 Å². The van der Waals surface area contributed by atoms with E-state index in [1.807, 2.05) is 19.2 Å². The first-order chi connectivity index (χ1) is 17.6. The smallest absolute Gasteiger partial charge is 0.323 e. The van der Waals surface area contributed by atoms with Gasteiger partial charge in [0.1, 0.15) is 13.1 Å². The Kier molecular flexibility index (Phi) is 8.62. The number of aliphatic carboxylic acids is 2. The molecule has 1 heterocycles. The van der Waals surface area contributed by atoms with E-state index in [0.717, 1.165) is 55.5 Å². The quantitative estimate of drug-likeness (QED) is 0.486. The van der Waals surface area contributed by atoms with Gasteiger partial charge in [-0.2, -0.15) is 0 Å². The molecule has 2 aliphatic rings. The van der Waals surface area contributed by atoms with E-state index < -0.39 is 25.0 Å². The van der Waals surface area contributed by atoms with Crippen molar-refractivity contribution in [2.75, 3.05) is 38.1 Å². The number of hydrogen-bond donors (Lipinski definition) is 2. The largest absolute Gasteiger partial charge is 0.480 e. The number of rotatable bonds is 9. The standard InChI is InChI=1S/C27H31Cl2N3O5/c1-30(24(33)13-17-4-8-21(28)22(29)12-17)27-20-14-19(32(15-25(34)35)16-26(36)37)7-5-18(20)6-9-23(27)31-10-2-3-11-31/h4-5,7-8,12,14,23,27H,2-3,6,9-11,13,15-16H2,1H3,(H,34,35)(H,36,37). The maximum Gasteiger partial charge on any atom is 0.323 e. The number of nitrogens with zero attached hydrogens (tertiary/aromatic N) is 3. The number of carboxylic acids is 2. The van der Waals surface area contributed by atoms with Crippen LogP contribution in [0.1, 0.15) is 42.0 Å². The fourth-order valence-electron chi connectivity index (χ4n) is 5.54. The van der Waals surface area contributed by atoms with Gasteiger partial charge in [0.2, 0.25) is 5.91 Å². The molecule has 10 heteroatoms. The number of halogens is 2. The van der Waals surface area contributed by atoms with Crippen molar-refractivity contribution < 1.29 is 24.6 Å². The average molecular weight is 548 g/mol.